The van der Waals surface area contributed by atoms with E-state index in [2.05, 4.69) is 15.9 Å². The molecule has 1 saturated heterocycles. The Morgan fingerprint density at radius 3 is 1.99 bits per heavy atom. The average Bonchev–Trinajstić information content (AvgIpc) is 3.81. The molecule has 71 heavy (non-hydrogen) atoms. The number of amides is 3. The van der Waals surface area contributed by atoms with Gasteiger partial charge < -0.3 is 43.9 Å². The van der Waals surface area contributed by atoms with E-state index in [0.29, 0.717) is 32.2 Å². The molecule has 400 valence electrons. The van der Waals surface area contributed by atoms with Gasteiger partial charge in [0.2, 0.25) is 17.7 Å². The third-order valence-electron chi connectivity index (χ3n) is 13.8. The SMILES string of the molecule is CCC(C)[C@@H](C(CC(=O)N1CCC[C@H]1[C@H](OC)[C@@H](C)C(=O)C[C@@H](Cc1ccccc1)C(=O)O)OC)N(C)C(=O)[C@@H](CC(=O)[C@H](C(C)C)N(C)C(=O)CCOCCOCCCC(=O)/C=C(/Br)C(=O)O)C(C)C. The highest BCUT2D eigenvalue weighted by molar-refractivity contribution is 9.12. The molecule has 1 aromatic rings. The highest BCUT2D eigenvalue weighted by Crippen LogP contribution is 2.32. The minimum Gasteiger partial charge on any atom is -0.481 e. The van der Waals surface area contributed by atoms with Gasteiger partial charge in [-0.1, -0.05) is 85.2 Å². The molecule has 1 fully saturated rings. The number of allylic oxidation sites excluding steroid dienone is 1. The number of carboxylic acids is 2. The molecular formula is C53H82BrN3O14. The van der Waals surface area contributed by atoms with Crippen LogP contribution in [0.15, 0.2) is 40.9 Å². The zero-order valence-corrected chi connectivity index (χ0v) is 45.5. The standard InChI is InChI=1S/C53H82BrN3O14/c1-12-35(6)49(45(68-10)32-47(62)57-23-16-21-42(57)50(69-11)36(7)43(59)29-38(52(64)65)28-37-18-14-13-15-19-37)56(9)51(63)40(33(2)3)31-44(60)48(34(4)5)55(8)46(61)22-25-71-27-26-70-24-17-20-39(58)30-41(54)53(66)67/h13-15,18-19,30,33-36,38,40,42,45,48-50H,12,16-17,20-29,31-32H2,1-11H3,(H,64,65)(H,66,67)/b41-30+/t35?,36-,38+,40-,42-,45?,48-,49-,50+/m0/s1. The number of aliphatic carboxylic acids is 2. The molecule has 0 aromatic heterocycles. The third-order valence-corrected chi connectivity index (χ3v) is 14.4. The van der Waals surface area contributed by atoms with Crippen LogP contribution in [-0.2, 0) is 63.7 Å². The Bertz CT molecular complexity index is 1930. The van der Waals surface area contributed by atoms with Crippen molar-refractivity contribution in [2.75, 3.05) is 61.3 Å². The van der Waals surface area contributed by atoms with Crippen LogP contribution in [0.5, 0.6) is 0 Å². The van der Waals surface area contributed by atoms with Crippen LogP contribution >= 0.6 is 15.9 Å². The molecule has 1 aromatic carbocycles. The molecule has 9 atom stereocenters. The summed E-state index contributed by atoms with van der Waals surface area (Å²) in [4.78, 5) is 110. The van der Waals surface area contributed by atoms with Crippen molar-refractivity contribution in [2.24, 2.45) is 35.5 Å². The van der Waals surface area contributed by atoms with Crippen molar-refractivity contribution in [1.29, 1.82) is 0 Å². The average molecular weight is 1070 g/mol. The van der Waals surface area contributed by atoms with E-state index in [1.165, 1.54) is 19.1 Å². The van der Waals surface area contributed by atoms with E-state index in [1.807, 2.05) is 71.9 Å². The van der Waals surface area contributed by atoms with Crippen molar-refractivity contribution in [1.82, 2.24) is 14.7 Å². The first kappa shape index (κ1) is 62.8. The van der Waals surface area contributed by atoms with Crippen LogP contribution in [0.2, 0.25) is 0 Å². The van der Waals surface area contributed by atoms with Gasteiger partial charge in [0, 0.05) is 78.6 Å². The number of halogens is 1. The Kier molecular flexibility index (Phi) is 28.2. The number of nitrogens with zero attached hydrogens (tertiary/aromatic N) is 3. The molecule has 0 aliphatic carbocycles. The summed E-state index contributed by atoms with van der Waals surface area (Å²) in [7, 11) is 6.29. The van der Waals surface area contributed by atoms with E-state index in [1.54, 1.807) is 30.8 Å². The number of likely N-dealkylation sites (tertiary alicyclic amines) is 1. The summed E-state index contributed by atoms with van der Waals surface area (Å²) in [6.45, 7) is 14.4. The van der Waals surface area contributed by atoms with Crippen molar-refractivity contribution in [3.8, 4) is 0 Å². The molecule has 1 heterocycles. The molecule has 0 saturated carbocycles. The predicted octanol–water partition coefficient (Wildman–Crippen LogP) is 6.66. The summed E-state index contributed by atoms with van der Waals surface area (Å²) in [5, 5.41) is 18.9. The Morgan fingerprint density at radius 2 is 1.44 bits per heavy atom. The van der Waals surface area contributed by atoms with E-state index in [-0.39, 0.29) is 122 Å². The number of likely N-dealkylation sites (N-methyl/N-ethyl adjacent to an activating group) is 2. The molecule has 0 radical (unpaired) electrons. The second kappa shape index (κ2) is 32.0. The molecule has 1 aliphatic rings. The first-order valence-corrected chi connectivity index (χ1v) is 25.8. The van der Waals surface area contributed by atoms with E-state index in [4.69, 9.17) is 24.1 Å². The largest absolute Gasteiger partial charge is 0.481 e. The van der Waals surface area contributed by atoms with E-state index < -0.39 is 60.0 Å². The summed E-state index contributed by atoms with van der Waals surface area (Å²) < 4.78 is 22.9. The number of ketones is 3. The highest BCUT2D eigenvalue weighted by Gasteiger charge is 2.44. The van der Waals surface area contributed by atoms with Gasteiger partial charge in [-0.2, -0.15) is 0 Å². The lowest BCUT2D eigenvalue weighted by Crippen LogP contribution is -2.54. The number of Topliss-reactive ketones (excluding diaryl/α,β-unsaturated/α-hetero) is 2. The first-order chi connectivity index (χ1) is 33.5. The molecule has 1 aliphatic heterocycles. The van der Waals surface area contributed by atoms with Crippen LogP contribution in [0.1, 0.15) is 112 Å². The number of carbonyl (C=O) groups excluding carboxylic acids is 6. The van der Waals surface area contributed by atoms with Crippen molar-refractivity contribution in [3.05, 3.63) is 46.5 Å². The fraction of sp³-hybridized carbons (Fsp3) is 0.698. The molecule has 2 rings (SSSR count). The van der Waals surface area contributed by atoms with E-state index in [0.717, 1.165) is 11.6 Å². The summed E-state index contributed by atoms with van der Waals surface area (Å²) in [5.74, 6) is -6.86. The summed E-state index contributed by atoms with van der Waals surface area (Å²) in [6.07, 6.45) is 1.96. The number of hydrogen-bond donors (Lipinski definition) is 2. The number of hydrogen-bond acceptors (Lipinski definition) is 12. The zero-order valence-electron chi connectivity index (χ0n) is 43.9. The molecule has 2 N–H and O–H groups in total. The second-order valence-corrected chi connectivity index (χ2v) is 20.4. The lowest BCUT2D eigenvalue weighted by molar-refractivity contribution is -0.150. The number of carbonyl (C=O) groups is 8. The van der Waals surface area contributed by atoms with Gasteiger partial charge in [-0.15, -0.1) is 0 Å². The summed E-state index contributed by atoms with van der Waals surface area (Å²) >= 11 is 2.82. The maximum atomic E-state index is 14.6. The monoisotopic (exact) mass is 1060 g/mol. The van der Waals surface area contributed by atoms with Crippen LogP contribution in [0.25, 0.3) is 0 Å². The zero-order chi connectivity index (χ0) is 53.5. The van der Waals surface area contributed by atoms with Gasteiger partial charge in [-0.25, -0.2) is 4.79 Å². The van der Waals surface area contributed by atoms with Crippen LogP contribution in [-0.4, -0.2) is 164 Å². The molecule has 2 unspecified atom stereocenters. The van der Waals surface area contributed by atoms with Crippen LogP contribution < -0.4 is 0 Å². The quantitative estimate of drug-likeness (QED) is 0.0536. The van der Waals surface area contributed by atoms with Gasteiger partial charge in [-0.3, -0.25) is 33.6 Å². The Labute approximate surface area is 429 Å². The molecule has 3 amide bonds. The highest BCUT2D eigenvalue weighted by atomic mass is 79.9. The van der Waals surface area contributed by atoms with Crippen molar-refractivity contribution >= 4 is 62.9 Å². The van der Waals surface area contributed by atoms with Gasteiger partial charge in [0.05, 0.1) is 68.9 Å². The fourth-order valence-electron chi connectivity index (χ4n) is 9.59. The lowest BCUT2D eigenvalue weighted by Gasteiger charge is -2.41. The number of carboxylic acid groups (broad SMARTS) is 2. The van der Waals surface area contributed by atoms with Crippen LogP contribution in [0.4, 0.5) is 0 Å². The minimum absolute atomic E-state index is 0.0130. The normalized spacial score (nSPS) is 17.5. The van der Waals surface area contributed by atoms with Crippen molar-refractivity contribution < 1.29 is 67.5 Å². The molecule has 0 spiro atoms. The topological polar surface area (TPSA) is 224 Å². The van der Waals surface area contributed by atoms with Crippen LogP contribution in [0.3, 0.4) is 0 Å². The Balaban J connectivity index is 2.11. The maximum Gasteiger partial charge on any atom is 0.342 e. The van der Waals surface area contributed by atoms with Gasteiger partial charge in [-0.05, 0) is 64.9 Å². The van der Waals surface area contributed by atoms with Crippen molar-refractivity contribution in [2.45, 2.75) is 143 Å². The summed E-state index contributed by atoms with van der Waals surface area (Å²) in [6, 6.07) is 7.39. The van der Waals surface area contributed by atoms with E-state index in [9.17, 15) is 43.5 Å². The second-order valence-electron chi connectivity index (χ2n) is 19.5. The van der Waals surface area contributed by atoms with Gasteiger partial charge in [0.15, 0.2) is 11.6 Å². The first-order valence-electron chi connectivity index (χ1n) is 25.0. The number of benzene rings is 1. The smallest absolute Gasteiger partial charge is 0.342 e. The van der Waals surface area contributed by atoms with Gasteiger partial charge in [0.1, 0.15) is 10.3 Å². The van der Waals surface area contributed by atoms with Gasteiger partial charge in [0.25, 0.3) is 0 Å². The lowest BCUT2D eigenvalue weighted by atomic mass is 9.83. The molecule has 17 nitrogen and oxygen atoms in total. The molecule has 0 bridgehead atoms. The maximum absolute atomic E-state index is 14.6. The van der Waals surface area contributed by atoms with Crippen LogP contribution in [0, 0.1) is 35.5 Å². The third kappa shape index (κ3) is 19.9. The Hall–Kier alpha value is -4.36. The van der Waals surface area contributed by atoms with Crippen molar-refractivity contribution in [3.63, 3.8) is 0 Å². The number of rotatable bonds is 35. The summed E-state index contributed by atoms with van der Waals surface area (Å²) in [5.41, 5.74) is 0.823. The fourth-order valence-corrected chi connectivity index (χ4v) is 9.85. The van der Waals surface area contributed by atoms with Gasteiger partial charge >= 0.3 is 11.9 Å². The van der Waals surface area contributed by atoms with E-state index >= 15 is 0 Å². The molecular weight excluding hydrogens is 982 g/mol. The number of methoxy groups -OCH3 is 2. The molecule has 18 heteroatoms. The Morgan fingerprint density at radius 1 is 0.803 bits per heavy atom. The minimum atomic E-state index is -1.23. The predicted molar refractivity (Wildman–Crippen MR) is 272 cm³/mol. The number of ether oxygens (including phenoxy) is 4.